The Morgan fingerprint density at radius 3 is 2.43 bits per heavy atom. The Balaban J connectivity index is 2.46. The highest BCUT2D eigenvalue weighted by atomic mass is 16.4. The summed E-state index contributed by atoms with van der Waals surface area (Å²) < 4.78 is 0. The molecule has 1 aliphatic heterocycles. The SMILES string of the molecule is OCC(O)C[C@H]1NC[C@@H](O)[C@H](O)[C@H]1O. The van der Waals surface area contributed by atoms with Crippen LogP contribution in [0.3, 0.4) is 0 Å². The zero-order valence-corrected chi connectivity index (χ0v) is 7.74. The number of aliphatic hydroxyl groups excluding tert-OH is 5. The third kappa shape index (κ3) is 2.63. The summed E-state index contributed by atoms with van der Waals surface area (Å²) in [7, 11) is 0. The van der Waals surface area contributed by atoms with Crippen LogP contribution in [0, 0.1) is 0 Å². The molecule has 0 aromatic rings. The fourth-order valence-corrected chi connectivity index (χ4v) is 1.57. The van der Waals surface area contributed by atoms with Crippen LogP contribution < -0.4 is 5.32 Å². The summed E-state index contributed by atoms with van der Waals surface area (Å²) in [5.74, 6) is 0. The maximum atomic E-state index is 9.49. The van der Waals surface area contributed by atoms with Crippen LogP contribution in [0.15, 0.2) is 0 Å². The lowest BCUT2D eigenvalue weighted by atomic mass is 9.92. The molecule has 6 nitrogen and oxygen atoms in total. The van der Waals surface area contributed by atoms with Crippen molar-refractivity contribution >= 4 is 0 Å². The van der Waals surface area contributed by atoms with Crippen molar-refractivity contribution in [2.75, 3.05) is 13.2 Å². The molecule has 0 saturated carbocycles. The topological polar surface area (TPSA) is 113 Å². The Kier molecular flexibility index (Phi) is 4.24. The van der Waals surface area contributed by atoms with Gasteiger partial charge in [0.1, 0.15) is 6.10 Å². The van der Waals surface area contributed by atoms with Gasteiger partial charge < -0.3 is 30.8 Å². The molecule has 6 heteroatoms. The number of hydrogen-bond donors (Lipinski definition) is 6. The molecule has 0 aromatic carbocycles. The van der Waals surface area contributed by atoms with Crippen LogP contribution in [-0.2, 0) is 0 Å². The van der Waals surface area contributed by atoms with E-state index in [0.717, 1.165) is 0 Å². The summed E-state index contributed by atoms with van der Waals surface area (Å²) in [4.78, 5) is 0. The van der Waals surface area contributed by atoms with Crippen molar-refractivity contribution in [2.45, 2.75) is 36.9 Å². The minimum atomic E-state index is -1.20. The normalized spacial score (nSPS) is 40.9. The highest BCUT2D eigenvalue weighted by Gasteiger charge is 2.36. The number of nitrogens with one attached hydrogen (secondary N) is 1. The molecule has 6 N–H and O–H groups in total. The number of hydrogen-bond acceptors (Lipinski definition) is 6. The van der Waals surface area contributed by atoms with Gasteiger partial charge in [-0.25, -0.2) is 0 Å². The summed E-state index contributed by atoms with van der Waals surface area (Å²) >= 11 is 0. The molecule has 14 heavy (non-hydrogen) atoms. The van der Waals surface area contributed by atoms with E-state index >= 15 is 0 Å². The molecule has 0 radical (unpaired) electrons. The molecule has 1 fully saturated rings. The van der Waals surface area contributed by atoms with E-state index in [9.17, 15) is 15.3 Å². The van der Waals surface area contributed by atoms with Gasteiger partial charge in [-0.2, -0.15) is 0 Å². The minimum Gasteiger partial charge on any atom is -0.394 e. The second-order valence-corrected chi connectivity index (χ2v) is 3.64. The molecular formula is C8H17NO5. The highest BCUT2D eigenvalue weighted by Crippen LogP contribution is 2.14. The predicted molar refractivity (Wildman–Crippen MR) is 47.5 cm³/mol. The molecule has 0 spiro atoms. The van der Waals surface area contributed by atoms with Gasteiger partial charge in [-0.05, 0) is 6.42 Å². The van der Waals surface area contributed by atoms with Crippen LogP contribution in [-0.4, -0.2) is 69.1 Å². The molecule has 1 saturated heterocycles. The van der Waals surface area contributed by atoms with E-state index in [4.69, 9.17) is 10.2 Å². The molecule has 0 amide bonds. The molecule has 0 aromatic heterocycles. The van der Waals surface area contributed by atoms with Gasteiger partial charge in [0.15, 0.2) is 0 Å². The molecule has 5 atom stereocenters. The van der Waals surface area contributed by atoms with Crippen LogP contribution >= 0.6 is 0 Å². The number of aliphatic hydroxyl groups is 5. The van der Waals surface area contributed by atoms with Crippen LogP contribution in [0.4, 0.5) is 0 Å². The number of β-amino-alcohol motifs (C(OH)–C–C–N with tert-alkyl or cyclic N) is 1. The van der Waals surface area contributed by atoms with Crippen molar-refractivity contribution in [3.8, 4) is 0 Å². The van der Waals surface area contributed by atoms with Gasteiger partial charge in [0.2, 0.25) is 0 Å². The highest BCUT2D eigenvalue weighted by molar-refractivity contribution is 4.92. The Morgan fingerprint density at radius 1 is 1.21 bits per heavy atom. The first-order valence-electron chi connectivity index (χ1n) is 4.62. The monoisotopic (exact) mass is 207 g/mol. The Morgan fingerprint density at radius 2 is 1.86 bits per heavy atom. The van der Waals surface area contributed by atoms with Gasteiger partial charge >= 0.3 is 0 Å². The number of piperidine rings is 1. The molecule has 1 heterocycles. The van der Waals surface area contributed by atoms with Gasteiger partial charge in [-0.1, -0.05) is 0 Å². The Bertz CT molecular complexity index is 179. The summed E-state index contributed by atoms with van der Waals surface area (Å²) in [6.45, 7) is -0.218. The van der Waals surface area contributed by atoms with Crippen molar-refractivity contribution in [1.29, 1.82) is 0 Å². The average Bonchev–Trinajstić information content (AvgIpc) is 2.19. The second kappa shape index (κ2) is 5.01. The van der Waals surface area contributed by atoms with Crippen LogP contribution in [0.5, 0.6) is 0 Å². The molecular weight excluding hydrogens is 190 g/mol. The average molecular weight is 207 g/mol. The van der Waals surface area contributed by atoms with E-state index in [0.29, 0.717) is 0 Å². The Labute approximate surface area is 81.8 Å². The molecule has 0 aliphatic carbocycles. The van der Waals surface area contributed by atoms with E-state index in [1.54, 1.807) is 0 Å². The lowest BCUT2D eigenvalue weighted by molar-refractivity contribution is -0.101. The van der Waals surface area contributed by atoms with Crippen molar-refractivity contribution in [1.82, 2.24) is 5.32 Å². The number of rotatable bonds is 3. The van der Waals surface area contributed by atoms with E-state index in [2.05, 4.69) is 5.32 Å². The second-order valence-electron chi connectivity index (χ2n) is 3.64. The zero-order valence-electron chi connectivity index (χ0n) is 7.74. The first kappa shape index (κ1) is 11.8. The lowest BCUT2D eigenvalue weighted by Crippen LogP contribution is -2.60. The van der Waals surface area contributed by atoms with E-state index in [1.165, 1.54) is 0 Å². The van der Waals surface area contributed by atoms with Crippen LogP contribution in [0.1, 0.15) is 6.42 Å². The van der Waals surface area contributed by atoms with E-state index in [-0.39, 0.29) is 19.6 Å². The molecule has 1 aliphatic rings. The smallest absolute Gasteiger partial charge is 0.108 e. The maximum absolute atomic E-state index is 9.49. The molecule has 1 rings (SSSR count). The Hall–Kier alpha value is -0.240. The van der Waals surface area contributed by atoms with Gasteiger partial charge in [-0.3, -0.25) is 0 Å². The summed E-state index contributed by atoms with van der Waals surface area (Å²) in [5.41, 5.74) is 0. The van der Waals surface area contributed by atoms with Crippen molar-refractivity contribution < 1.29 is 25.5 Å². The largest absolute Gasteiger partial charge is 0.394 e. The van der Waals surface area contributed by atoms with Gasteiger partial charge in [0.05, 0.1) is 24.9 Å². The standard InChI is InChI=1S/C8H17NO5/c10-3-4(11)1-5-7(13)8(14)6(12)2-9-5/h4-14H,1-3H2/t4?,5-,6-,7+,8+/m1/s1. The lowest BCUT2D eigenvalue weighted by Gasteiger charge is -2.36. The fraction of sp³-hybridized carbons (Fsp3) is 1.00. The maximum Gasteiger partial charge on any atom is 0.108 e. The van der Waals surface area contributed by atoms with Crippen molar-refractivity contribution in [3.05, 3.63) is 0 Å². The van der Waals surface area contributed by atoms with Crippen LogP contribution in [0.2, 0.25) is 0 Å². The minimum absolute atomic E-state index is 0.140. The quantitative estimate of drug-likeness (QED) is 0.290. The first-order valence-corrected chi connectivity index (χ1v) is 4.62. The third-order valence-electron chi connectivity index (χ3n) is 2.48. The third-order valence-corrected chi connectivity index (χ3v) is 2.48. The first-order chi connectivity index (χ1) is 6.56. The van der Waals surface area contributed by atoms with Crippen molar-refractivity contribution in [3.63, 3.8) is 0 Å². The summed E-state index contributed by atoms with van der Waals surface area (Å²) in [6, 6.07) is -0.504. The fourth-order valence-electron chi connectivity index (χ4n) is 1.57. The molecule has 0 bridgehead atoms. The van der Waals surface area contributed by atoms with Crippen molar-refractivity contribution in [2.24, 2.45) is 0 Å². The van der Waals surface area contributed by atoms with Crippen LogP contribution in [0.25, 0.3) is 0 Å². The zero-order chi connectivity index (χ0) is 10.7. The summed E-state index contributed by atoms with van der Waals surface area (Å²) in [6.07, 6.45) is -4.11. The molecule has 1 unspecified atom stereocenters. The predicted octanol–water partition coefficient (Wildman–Crippen LogP) is -3.22. The van der Waals surface area contributed by atoms with Gasteiger partial charge in [-0.15, -0.1) is 0 Å². The van der Waals surface area contributed by atoms with E-state index < -0.39 is 30.5 Å². The van der Waals surface area contributed by atoms with Gasteiger partial charge in [0.25, 0.3) is 0 Å². The van der Waals surface area contributed by atoms with E-state index in [1.807, 2.05) is 0 Å². The molecule has 84 valence electrons. The van der Waals surface area contributed by atoms with Gasteiger partial charge in [0, 0.05) is 12.6 Å². The summed E-state index contributed by atoms with van der Waals surface area (Å²) in [5, 5.41) is 48.5.